The SMILES string of the molecule is CC[C@H](NC(=O)[C@@H](NC(=O)[C@@H](NC(=O)OCc1ccccc1)[C@H](NC(=O)OC(C)(C)C)c1ccccc1)[C@H](O)C(C)C)C(C)=O. The lowest BCUT2D eigenvalue weighted by Crippen LogP contribution is -2.62. The summed E-state index contributed by atoms with van der Waals surface area (Å²) < 4.78 is 10.8. The molecule has 45 heavy (non-hydrogen) atoms. The van der Waals surface area contributed by atoms with E-state index in [1.807, 2.05) is 6.07 Å². The minimum absolute atomic E-state index is 0.100. The summed E-state index contributed by atoms with van der Waals surface area (Å²) in [5, 5.41) is 21.3. The zero-order chi connectivity index (χ0) is 33.7. The number of aliphatic hydroxyl groups excluding tert-OH is 1. The molecular weight excluding hydrogens is 580 g/mol. The summed E-state index contributed by atoms with van der Waals surface area (Å²) in [5.41, 5.74) is 0.259. The van der Waals surface area contributed by atoms with Gasteiger partial charge in [-0.3, -0.25) is 14.4 Å². The summed E-state index contributed by atoms with van der Waals surface area (Å²) in [7, 11) is 0. The van der Waals surface area contributed by atoms with E-state index < -0.39 is 65.8 Å². The number of carbonyl (C=O) groups excluding carboxylic acids is 5. The molecule has 4 amide bonds. The largest absolute Gasteiger partial charge is 0.445 e. The highest BCUT2D eigenvalue weighted by molar-refractivity contribution is 5.94. The van der Waals surface area contributed by atoms with Gasteiger partial charge in [0.15, 0.2) is 5.78 Å². The van der Waals surface area contributed by atoms with Crippen LogP contribution in [0.3, 0.4) is 0 Å². The molecule has 0 unspecified atom stereocenters. The number of amides is 4. The smallest absolute Gasteiger partial charge is 0.408 e. The Bertz CT molecular complexity index is 1280. The summed E-state index contributed by atoms with van der Waals surface area (Å²) in [4.78, 5) is 65.4. The third-order valence-electron chi connectivity index (χ3n) is 6.75. The summed E-state index contributed by atoms with van der Waals surface area (Å²) in [6, 6.07) is 12.2. The van der Waals surface area contributed by atoms with E-state index in [4.69, 9.17) is 9.47 Å². The van der Waals surface area contributed by atoms with E-state index in [1.54, 1.807) is 96.1 Å². The Kier molecular flexibility index (Phi) is 14.0. The number of nitrogens with one attached hydrogen (secondary N) is 4. The maximum absolute atomic E-state index is 14.0. The van der Waals surface area contributed by atoms with Gasteiger partial charge in [0, 0.05) is 0 Å². The van der Waals surface area contributed by atoms with Gasteiger partial charge in [-0.05, 0) is 51.2 Å². The number of carbonyl (C=O) groups is 5. The molecule has 5 N–H and O–H groups in total. The van der Waals surface area contributed by atoms with Gasteiger partial charge in [0.1, 0.15) is 24.3 Å². The number of hydrogen-bond donors (Lipinski definition) is 5. The topological polar surface area (TPSA) is 172 Å². The van der Waals surface area contributed by atoms with E-state index in [0.717, 1.165) is 0 Å². The molecule has 0 saturated heterocycles. The van der Waals surface area contributed by atoms with Crippen LogP contribution in [0.25, 0.3) is 0 Å². The first-order valence-corrected chi connectivity index (χ1v) is 14.9. The molecule has 0 bridgehead atoms. The van der Waals surface area contributed by atoms with Crippen molar-refractivity contribution < 1.29 is 38.6 Å². The zero-order valence-electron chi connectivity index (χ0n) is 27.0. The highest BCUT2D eigenvalue weighted by atomic mass is 16.6. The average molecular weight is 627 g/mol. The van der Waals surface area contributed by atoms with Crippen LogP contribution in [-0.4, -0.2) is 64.7 Å². The third kappa shape index (κ3) is 12.2. The van der Waals surface area contributed by atoms with E-state index in [-0.39, 0.29) is 12.4 Å². The molecule has 0 spiro atoms. The molecule has 0 radical (unpaired) electrons. The van der Waals surface area contributed by atoms with Crippen molar-refractivity contribution in [2.75, 3.05) is 0 Å². The van der Waals surface area contributed by atoms with Crippen molar-refractivity contribution in [2.24, 2.45) is 5.92 Å². The molecule has 0 aliphatic heterocycles. The zero-order valence-corrected chi connectivity index (χ0v) is 27.0. The van der Waals surface area contributed by atoms with Crippen LogP contribution in [0.2, 0.25) is 0 Å². The Morgan fingerprint density at radius 2 is 1.33 bits per heavy atom. The van der Waals surface area contributed by atoms with E-state index >= 15 is 0 Å². The van der Waals surface area contributed by atoms with Crippen LogP contribution in [0.4, 0.5) is 9.59 Å². The average Bonchev–Trinajstić information content (AvgIpc) is 2.98. The Morgan fingerprint density at radius 1 is 0.778 bits per heavy atom. The first kappa shape index (κ1) is 36.7. The second-order valence-electron chi connectivity index (χ2n) is 12.0. The molecule has 0 saturated carbocycles. The normalized spacial score (nSPS) is 14.6. The molecule has 5 atom stereocenters. The third-order valence-corrected chi connectivity index (χ3v) is 6.75. The molecule has 0 aliphatic rings. The summed E-state index contributed by atoms with van der Waals surface area (Å²) in [6.07, 6.45) is -2.90. The molecule has 0 aliphatic carbocycles. The highest BCUT2D eigenvalue weighted by Crippen LogP contribution is 2.20. The quantitative estimate of drug-likeness (QED) is 0.212. The number of ketones is 1. The van der Waals surface area contributed by atoms with Crippen LogP contribution in [0.15, 0.2) is 60.7 Å². The standard InChI is InChI=1S/C33H46N4O8/c1-8-24(21(4)38)34-30(41)27(28(39)20(2)3)35-29(40)26(37-31(42)44-19-22-15-11-9-12-16-22)25(23-17-13-10-14-18-23)36-32(43)45-33(5,6)7/h9-18,20,24-28,39H,8,19H2,1-7H3,(H,34,41)(H,35,40)(H,36,43)(H,37,42)/t24-,25+,26-,27-,28+/m0/s1. The van der Waals surface area contributed by atoms with Crippen LogP contribution in [0, 0.1) is 5.92 Å². The Labute approximate surface area is 264 Å². The predicted octanol–water partition coefficient (Wildman–Crippen LogP) is 3.53. The van der Waals surface area contributed by atoms with Gasteiger partial charge >= 0.3 is 12.2 Å². The monoisotopic (exact) mass is 626 g/mol. The first-order valence-electron chi connectivity index (χ1n) is 14.9. The lowest BCUT2D eigenvalue weighted by molar-refractivity contribution is -0.135. The number of rotatable bonds is 14. The van der Waals surface area contributed by atoms with Gasteiger partial charge in [0.05, 0.1) is 18.2 Å². The van der Waals surface area contributed by atoms with Gasteiger partial charge in [-0.25, -0.2) is 9.59 Å². The van der Waals surface area contributed by atoms with Crippen LogP contribution in [0.1, 0.15) is 72.1 Å². The Morgan fingerprint density at radius 3 is 1.84 bits per heavy atom. The van der Waals surface area contributed by atoms with Crippen LogP contribution < -0.4 is 21.3 Å². The fraction of sp³-hybridized carbons (Fsp3) is 0.485. The van der Waals surface area contributed by atoms with Crippen molar-refractivity contribution >= 4 is 29.8 Å². The maximum atomic E-state index is 14.0. The predicted molar refractivity (Wildman–Crippen MR) is 168 cm³/mol. The van der Waals surface area contributed by atoms with Gasteiger partial charge in [-0.15, -0.1) is 0 Å². The molecular formula is C33H46N4O8. The molecule has 0 heterocycles. The van der Waals surface area contributed by atoms with Crippen molar-refractivity contribution in [3.8, 4) is 0 Å². The molecule has 0 aromatic heterocycles. The minimum Gasteiger partial charge on any atom is -0.445 e. The Hall–Kier alpha value is -4.45. The lowest BCUT2D eigenvalue weighted by atomic mass is 9.95. The molecule has 12 heteroatoms. The van der Waals surface area contributed by atoms with Gasteiger partial charge < -0.3 is 35.8 Å². The Balaban J connectivity index is 2.49. The summed E-state index contributed by atoms with van der Waals surface area (Å²) in [5.74, 6) is -2.47. The highest BCUT2D eigenvalue weighted by Gasteiger charge is 2.39. The molecule has 12 nitrogen and oxygen atoms in total. The molecule has 2 aromatic rings. The molecule has 0 fully saturated rings. The van der Waals surface area contributed by atoms with Crippen molar-refractivity contribution in [3.05, 3.63) is 71.8 Å². The second-order valence-corrected chi connectivity index (χ2v) is 12.0. The molecule has 2 aromatic carbocycles. The van der Waals surface area contributed by atoms with E-state index in [2.05, 4.69) is 21.3 Å². The number of alkyl carbamates (subject to hydrolysis) is 2. The van der Waals surface area contributed by atoms with Crippen LogP contribution in [-0.2, 0) is 30.5 Å². The van der Waals surface area contributed by atoms with Gasteiger partial charge in [-0.1, -0.05) is 81.4 Å². The lowest BCUT2D eigenvalue weighted by Gasteiger charge is -2.32. The number of benzene rings is 2. The molecule has 2 rings (SSSR count). The van der Waals surface area contributed by atoms with E-state index in [0.29, 0.717) is 17.5 Å². The van der Waals surface area contributed by atoms with Crippen molar-refractivity contribution in [3.63, 3.8) is 0 Å². The summed E-state index contributed by atoms with van der Waals surface area (Å²) in [6.45, 7) is 11.3. The van der Waals surface area contributed by atoms with Crippen molar-refractivity contribution in [1.29, 1.82) is 0 Å². The van der Waals surface area contributed by atoms with Gasteiger partial charge in [-0.2, -0.15) is 0 Å². The number of aliphatic hydroxyl groups is 1. The molecule has 246 valence electrons. The van der Waals surface area contributed by atoms with E-state index in [1.165, 1.54) is 6.92 Å². The number of Topliss-reactive ketones (excluding diaryl/α,β-unsaturated/α-hetero) is 1. The van der Waals surface area contributed by atoms with Crippen LogP contribution in [0.5, 0.6) is 0 Å². The number of hydrogen-bond acceptors (Lipinski definition) is 8. The van der Waals surface area contributed by atoms with Crippen molar-refractivity contribution in [1.82, 2.24) is 21.3 Å². The van der Waals surface area contributed by atoms with Gasteiger partial charge in [0.2, 0.25) is 11.8 Å². The fourth-order valence-corrected chi connectivity index (χ4v) is 4.33. The van der Waals surface area contributed by atoms with Gasteiger partial charge in [0.25, 0.3) is 0 Å². The first-order chi connectivity index (χ1) is 21.1. The van der Waals surface area contributed by atoms with Crippen molar-refractivity contribution in [2.45, 2.75) is 97.4 Å². The van der Waals surface area contributed by atoms with E-state index in [9.17, 15) is 29.1 Å². The summed E-state index contributed by atoms with van der Waals surface area (Å²) >= 11 is 0. The number of ether oxygens (including phenoxy) is 2. The second kappa shape index (κ2) is 17.1. The maximum Gasteiger partial charge on any atom is 0.408 e. The fourth-order valence-electron chi connectivity index (χ4n) is 4.33. The minimum atomic E-state index is -1.55. The van der Waals surface area contributed by atoms with Crippen LogP contribution >= 0.6 is 0 Å².